The predicted octanol–water partition coefficient (Wildman–Crippen LogP) is 3.74. The number of esters is 1. The quantitative estimate of drug-likeness (QED) is 0.490. The predicted molar refractivity (Wildman–Crippen MR) is 73.6 cm³/mol. The third kappa shape index (κ3) is 3.76. The second kappa shape index (κ2) is 6.32. The van der Waals surface area contributed by atoms with Gasteiger partial charge in [-0.2, -0.15) is 0 Å². The molecule has 0 N–H and O–H groups in total. The second-order valence-electron chi connectivity index (χ2n) is 4.12. The highest BCUT2D eigenvalue weighted by atomic mass is 35.5. The van der Waals surface area contributed by atoms with Crippen LogP contribution in [0, 0.1) is 15.9 Å². The van der Waals surface area contributed by atoms with Crippen LogP contribution in [0.15, 0.2) is 42.5 Å². The van der Waals surface area contributed by atoms with Gasteiger partial charge >= 0.3 is 5.97 Å². The van der Waals surface area contributed by atoms with Crippen molar-refractivity contribution in [3.63, 3.8) is 0 Å². The lowest BCUT2D eigenvalue weighted by molar-refractivity contribution is -0.385. The maximum atomic E-state index is 13.1. The number of hydrogen-bond donors (Lipinski definition) is 0. The first-order valence-electron chi connectivity index (χ1n) is 5.83. The van der Waals surface area contributed by atoms with E-state index in [1.54, 1.807) is 24.3 Å². The number of rotatable bonds is 4. The summed E-state index contributed by atoms with van der Waals surface area (Å²) in [7, 11) is 0. The van der Waals surface area contributed by atoms with Crippen molar-refractivity contribution in [2.24, 2.45) is 0 Å². The van der Waals surface area contributed by atoms with Crippen LogP contribution in [0.3, 0.4) is 0 Å². The van der Waals surface area contributed by atoms with Gasteiger partial charge in [0.1, 0.15) is 18.0 Å². The molecule has 2 rings (SSSR count). The van der Waals surface area contributed by atoms with E-state index in [0.717, 1.165) is 18.2 Å². The van der Waals surface area contributed by atoms with Crippen molar-refractivity contribution in [2.75, 3.05) is 0 Å². The molecule has 0 heterocycles. The SMILES string of the molecule is O=C(OCc1ccc(Cl)cc1)c1cc(F)ccc1[N+](=O)[O-]. The number of benzene rings is 2. The number of nitro benzene ring substituents is 1. The summed E-state index contributed by atoms with van der Waals surface area (Å²) in [6.07, 6.45) is 0. The Morgan fingerprint density at radius 2 is 1.90 bits per heavy atom. The number of hydrogen-bond acceptors (Lipinski definition) is 4. The monoisotopic (exact) mass is 309 g/mol. The van der Waals surface area contributed by atoms with E-state index in [2.05, 4.69) is 0 Å². The number of nitrogens with zero attached hydrogens (tertiary/aromatic N) is 1. The lowest BCUT2D eigenvalue weighted by Crippen LogP contribution is -2.08. The average Bonchev–Trinajstić information content (AvgIpc) is 2.46. The van der Waals surface area contributed by atoms with Crippen molar-refractivity contribution < 1.29 is 18.8 Å². The van der Waals surface area contributed by atoms with Gasteiger partial charge in [0, 0.05) is 11.1 Å². The van der Waals surface area contributed by atoms with Gasteiger partial charge in [-0.15, -0.1) is 0 Å². The molecule has 0 fully saturated rings. The molecule has 0 bridgehead atoms. The molecule has 0 saturated heterocycles. The van der Waals surface area contributed by atoms with E-state index >= 15 is 0 Å². The molecule has 0 atom stereocenters. The molecular weight excluding hydrogens is 301 g/mol. The average molecular weight is 310 g/mol. The number of ether oxygens (including phenoxy) is 1. The van der Waals surface area contributed by atoms with Gasteiger partial charge < -0.3 is 4.74 Å². The van der Waals surface area contributed by atoms with Crippen LogP contribution in [0.25, 0.3) is 0 Å². The largest absolute Gasteiger partial charge is 0.457 e. The summed E-state index contributed by atoms with van der Waals surface area (Å²) in [5.41, 5.74) is -0.265. The summed E-state index contributed by atoms with van der Waals surface area (Å²) in [4.78, 5) is 21.9. The van der Waals surface area contributed by atoms with Crippen molar-refractivity contribution in [2.45, 2.75) is 6.61 Å². The summed E-state index contributed by atoms with van der Waals surface area (Å²) < 4.78 is 18.1. The molecule has 0 amide bonds. The molecule has 108 valence electrons. The molecule has 0 spiro atoms. The van der Waals surface area contributed by atoms with Gasteiger partial charge in [0.05, 0.1) is 4.92 Å². The smallest absolute Gasteiger partial charge is 0.345 e. The Morgan fingerprint density at radius 1 is 1.24 bits per heavy atom. The molecule has 0 aliphatic heterocycles. The van der Waals surface area contributed by atoms with Crippen molar-refractivity contribution in [3.8, 4) is 0 Å². The maximum absolute atomic E-state index is 13.1. The minimum Gasteiger partial charge on any atom is -0.457 e. The fourth-order valence-electron chi connectivity index (χ4n) is 1.64. The molecule has 2 aromatic carbocycles. The topological polar surface area (TPSA) is 69.4 Å². The third-order valence-electron chi connectivity index (χ3n) is 2.66. The van der Waals surface area contributed by atoms with E-state index in [-0.39, 0.29) is 6.61 Å². The number of nitro groups is 1. The Balaban J connectivity index is 2.15. The fourth-order valence-corrected chi connectivity index (χ4v) is 1.76. The molecule has 0 radical (unpaired) electrons. The van der Waals surface area contributed by atoms with Gasteiger partial charge in [0.15, 0.2) is 0 Å². The van der Waals surface area contributed by atoms with E-state index in [4.69, 9.17) is 16.3 Å². The van der Waals surface area contributed by atoms with Crippen LogP contribution in [0.2, 0.25) is 5.02 Å². The van der Waals surface area contributed by atoms with Crippen LogP contribution < -0.4 is 0 Å². The molecule has 0 saturated carbocycles. The van der Waals surface area contributed by atoms with Gasteiger partial charge in [-0.3, -0.25) is 10.1 Å². The summed E-state index contributed by atoms with van der Waals surface area (Å²) in [6.45, 7) is -0.0936. The van der Waals surface area contributed by atoms with Crippen LogP contribution >= 0.6 is 11.6 Å². The first kappa shape index (κ1) is 14.9. The van der Waals surface area contributed by atoms with Crippen LogP contribution in [-0.4, -0.2) is 10.9 Å². The van der Waals surface area contributed by atoms with Crippen molar-refractivity contribution >= 4 is 23.3 Å². The number of carbonyl (C=O) groups is 1. The summed E-state index contributed by atoms with van der Waals surface area (Å²) in [5, 5.41) is 11.3. The first-order valence-corrected chi connectivity index (χ1v) is 6.20. The van der Waals surface area contributed by atoms with Gasteiger partial charge in [0.2, 0.25) is 0 Å². The van der Waals surface area contributed by atoms with E-state index in [0.29, 0.717) is 10.6 Å². The molecule has 2 aromatic rings. The highest BCUT2D eigenvalue weighted by molar-refractivity contribution is 6.30. The molecule has 5 nitrogen and oxygen atoms in total. The number of carbonyl (C=O) groups excluding carboxylic acids is 1. The highest BCUT2D eigenvalue weighted by Crippen LogP contribution is 2.21. The van der Waals surface area contributed by atoms with E-state index in [1.165, 1.54) is 0 Å². The van der Waals surface area contributed by atoms with Gasteiger partial charge in [0.25, 0.3) is 5.69 Å². The third-order valence-corrected chi connectivity index (χ3v) is 2.91. The van der Waals surface area contributed by atoms with Crippen molar-refractivity contribution in [1.29, 1.82) is 0 Å². The Bertz CT molecular complexity index is 688. The van der Waals surface area contributed by atoms with Crippen LogP contribution in [0.4, 0.5) is 10.1 Å². The Hall–Kier alpha value is -2.47. The molecule has 21 heavy (non-hydrogen) atoms. The first-order chi connectivity index (χ1) is 9.97. The summed E-state index contributed by atoms with van der Waals surface area (Å²) in [6, 6.07) is 9.15. The van der Waals surface area contributed by atoms with Gasteiger partial charge in [-0.1, -0.05) is 23.7 Å². The standard InChI is InChI=1S/C14H9ClFNO4/c15-10-3-1-9(2-4-10)8-21-14(18)12-7-11(16)5-6-13(12)17(19)20/h1-7H,8H2. The van der Waals surface area contributed by atoms with Crippen molar-refractivity contribution in [3.05, 3.63) is 74.5 Å². The van der Waals surface area contributed by atoms with E-state index in [1.807, 2.05) is 0 Å². The molecule has 7 heteroatoms. The molecule has 0 aliphatic rings. The normalized spacial score (nSPS) is 10.2. The highest BCUT2D eigenvalue weighted by Gasteiger charge is 2.22. The fraction of sp³-hybridized carbons (Fsp3) is 0.0714. The van der Waals surface area contributed by atoms with Crippen LogP contribution in [0.1, 0.15) is 15.9 Å². The summed E-state index contributed by atoms with van der Waals surface area (Å²) in [5.74, 6) is -1.71. The molecular formula is C14H9ClFNO4. The maximum Gasteiger partial charge on any atom is 0.345 e. The zero-order valence-electron chi connectivity index (χ0n) is 10.6. The van der Waals surface area contributed by atoms with Crippen molar-refractivity contribution in [1.82, 2.24) is 0 Å². The molecule has 0 aromatic heterocycles. The van der Waals surface area contributed by atoms with E-state index < -0.39 is 28.0 Å². The van der Waals surface area contributed by atoms with Crippen LogP contribution in [-0.2, 0) is 11.3 Å². The number of halogens is 2. The van der Waals surface area contributed by atoms with Gasteiger partial charge in [-0.05, 0) is 29.8 Å². The molecule has 0 aliphatic carbocycles. The Kier molecular flexibility index (Phi) is 4.49. The lowest BCUT2D eigenvalue weighted by Gasteiger charge is -2.06. The summed E-state index contributed by atoms with van der Waals surface area (Å²) >= 11 is 5.72. The Labute approximate surface area is 124 Å². The lowest BCUT2D eigenvalue weighted by atomic mass is 10.2. The second-order valence-corrected chi connectivity index (χ2v) is 4.56. The zero-order chi connectivity index (χ0) is 15.4. The minimum atomic E-state index is -0.962. The minimum absolute atomic E-state index is 0.0936. The zero-order valence-corrected chi connectivity index (χ0v) is 11.3. The van der Waals surface area contributed by atoms with Crippen LogP contribution in [0.5, 0.6) is 0 Å². The Morgan fingerprint density at radius 3 is 2.52 bits per heavy atom. The molecule has 0 unspecified atom stereocenters. The van der Waals surface area contributed by atoms with E-state index in [9.17, 15) is 19.3 Å². The van der Waals surface area contributed by atoms with Gasteiger partial charge in [-0.25, -0.2) is 9.18 Å².